The van der Waals surface area contributed by atoms with Crippen LogP contribution in [0.4, 0.5) is 16.2 Å². The second-order valence-electron chi connectivity index (χ2n) is 5.78. The molecule has 138 valence electrons. The number of carbonyl (C=O) groups is 2. The number of carbonyl (C=O) groups excluding carboxylic acids is 2. The number of anilines is 2. The summed E-state index contributed by atoms with van der Waals surface area (Å²) in [7, 11) is 0. The van der Waals surface area contributed by atoms with Crippen LogP contribution in [0.15, 0.2) is 59.5 Å². The predicted octanol–water partition coefficient (Wildman–Crippen LogP) is 4.65. The summed E-state index contributed by atoms with van der Waals surface area (Å²) in [4.78, 5) is 24.7. The molecule has 0 heterocycles. The van der Waals surface area contributed by atoms with Crippen LogP contribution in [0.2, 0.25) is 0 Å². The molecule has 0 radical (unpaired) electrons. The number of benzene rings is 3. The molecule has 0 atom stereocenters. The molecule has 0 aliphatic rings. The van der Waals surface area contributed by atoms with Gasteiger partial charge in [0.15, 0.2) is 0 Å². The van der Waals surface area contributed by atoms with Gasteiger partial charge < -0.3 is 20.5 Å². The summed E-state index contributed by atoms with van der Waals surface area (Å²) < 4.78 is 4.95. The first-order valence-electron chi connectivity index (χ1n) is 8.27. The number of hydrogen-bond donors (Lipinski definition) is 4. The van der Waals surface area contributed by atoms with Gasteiger partial charge >= 0.3 is 12.0 Å². The summed E-state index contributed by atoms with van der Waals surface area (Å²) in [6.45, 7) is 2.01. The first kappa shape index (κ1) is 18.6. The molecule has 3 aromatic rings. The summed E-state index contributed by atoms with van der Waals surface area (Å²) in [5.41, 5.74) is 1.33. The van der Waals surface area contributed by atoms with Crippen molar-refractivity contribution in [3.63, 3.8) is 0 Å². The average molecular weight is 382 g/mol. The van der Waals surface area contributed by atoms with Gasteiger partial charge in [0.25, 0.3) is 0 Å². The third-order valence-electron chi connectivity index (χ3n) is 3.81. The zero-order chi connectivity index (χ0) is 19.4. The van der Waals surface area contributed by atoms with Crippen LogP contribution in [0.3, 0.4) is 0 Å². The number of fused-ring (bicyclic) bond motifs is 1. The minimum Gasteiger partial charge on any atom is -0.507 e. The van der Waals surface area contributed by atoms with Crippen molar-refractivity contribution < 1.29 is 19.4 Å². The van der Waals surface area contributed by atoms with Crippen LogP contribution < -0.4 is 10.6 Å². The molecule has 0 fully saturated rings. The van der Waals surface area contributed by atoms with E-state index in [-0.39, 0.29) is 12.4 Å². The highest BCUT2D eigenvalue weighted by atomic mass is 32.1. The van der Waals surface area contributed by atoms with Crippen LogP contribution in [0.1, 0.15) is 17.3 Å². The van der Waals surface area contributed by atoms with Crippen LogP contribution >= 0.6 is 12.6 Å². The molecule has 7 heteroatoms. The van der Waals surface area contributed by atoms with Gasteiger partial charge in [-0.3, -0.25) is 0 Å². The molecule has 3 rings (SSSR count). The maximum absolute atomic E-state index is 12.3. The van der Waals surface area contributed by atoms with Gasteiger partial charge in [-0.05, 0) is 54.8 Å². The van der Waals surface area contributed by atoms with Crippen molar-refractivity contribution in [2.24, 2.45) is 0 Å². The largest absolute Gasteiger partial charge is 0.507 e. The zero-order valence-corrected chi connectivity index (χ0v) is 15.4. The number of thiol groups is 1. The molecule has 0 unspecified atom stereocenters. The normalized spacial score (nSPS) is 10.4. The second-order valence-corrected chi connectivity index (χ2v) is 6.30. The van der Waals surface area contributed by atoms with E-state index < -0.39 is 12.0 Å². The van der Waals surface area contributed by atoms with E-state index in [1.807, 2.05) is 6.07 Å². The number of phenolic OH excluding ortho intramolecular Hbond substituents is 1. The predicted molar refractivity (Wildman–Crippen MR) is 108 cm³/mol. The van der Waals surface area contributed by atoms with Crippen molar-refractivity contribution in [2.45, 2.75) is 11.8 Å². The fourth-order valence-corrected chi connectivity index (χ4v) is 2.89. The topological polar surface area (TPSA) is 87.7 Å². The molecular weight excluding hydrogens is 364 g/mol. The van der Waals surface area contributed by atoms with Gasteiger partial charge in [-0.15, -0.1) is 12.6 Å². The molecule has 0 aromatic heterocycles. The Labute approximate surface area is 161 Å². The van der Waals surface area contributed by atoms with Crippen molar-refractivity contribution in [3.05, 3.63) is 60.2 Å². The number of amides is 2. The molecule has 2 amide bonds. The lowest BCUT2D eigenvalue weighted by atomic mass is 10.1. The van der Waals surface area contributed by atoms with Gasteiger partial charge in [0.2, 0.25) is 0 Å². The summed E-state index contributed by atoms with van der Waals surface area (Å²) in [6.07, 6.45) is 0. The van der Waals surface area contributed by atoms with Gasteiger partial charge in [0.05, 0.1) is 12.2 Å². The van der Waals surface area contributed by atoms with Crippen molar-refractivity contribution >= 4 is 46.8 Å². The van der Waals surface area contributed by atoms with Gasteiger partial charge in [-0.2, -0.15) is 0 Å². The highest BCUT2D eigenvalue weighted by Gasteiger charge is 2.09. The number of rotatable bonds is 4. The van der Waals surface area contributed by atoms with Crippen molar-refractivity contribution in [1.29, 1.82) is 0 Å². The van der Waals surface area contributed by atoms with Gasteiger partial charge in [-0.25, -0.2) is 9.59 Å². The molecule has 0 bridgehead atoms. The number of phenols is 1. The fourth-order valence-electron chi connectivity index (χ4n) is 2.63. The Morgan fingerprint density at radius 1 is 1.04 bits per heavy atom. The number of esters is 1. The molecule has 0 aliphatic heterocycles. The lowest BCUT2D eigenvalue weighted by Gasteiger charge is -2.10. The number of ether oxygens (including phenoxy) is 1. The average Bonchev–Trinajstić information content (AvgIpc) is 2.62. The fraction of sp³-hybridized carbons (Fsp3) is 0.100. The third-order valence-corrected chi connectivity index (χ3v) is 4.06. The summed E-state index contributed by atoms with van der Waals surface area (Å²) in [5, 5.41) is 16.8. The third kappa shape index (κ3) is 4.51. The Hall–Kier alpha value is -3.19. The highest BCUT2D eigenvalue weighted by molar-refractivity contribution is 7.80. The first-order chi connectivity index (χ1) is 13.0. The summed E-state index contributed by atoms with van der Waals surface area (Å²) >= 11 is 4.23. The van der Waals surface area contributed by atoms with Crippen molar-refractivity contribution in [2.75, 3.05) is 17.2 Å². The lowest BCUT2D eigenvalue weighted by Crippen LogP contribution is -2.19. The van der Waals surface area contributed by atoms with E-state index in [1.165, 1.54) is 12.1 Å². The minimum atomic E-state index is -0.472. The highest BCUT2D eigenvalue weighted by Crippen LogP contribution is 2.30. The molecule has 0 aliphatic carbocycles. The maximum atomic E-state index is 12.3. The van der Waals surface area contributed by atoms with E-state index in [4.69, 9.17) is 4.74 Å². The first-order valence-corrected chi connectivity index (χ1v) is 8.72. The Morgan fingerprint density at radius 3 is 2.52 bits per heavy atom. The molecule has 6 nitrogen and oxygen atoms in total. The van der Waals surface area contributed by atoms with Gasteiger partial charge in [0, 0.05) is 21.7 Å². The van der Waals surface area contributed by atoms with Crippen LogP contribution in [-0.2, 0) is 4.74 Å². The van der Waals surface area contributed by atoms with E-state index >= 15 is 0 Å². The lowest BCUT2D eigenvalue weighted by molar-refractivity contribution is 0.0526. The minimum absolute atomic E-state index is 0.0868. The zero-order valence-electron chi connectivity index (χ0n) is 14.5. The van der Waals surface area contributed by atoms with E-state index in [2.05, 4.69) is 23.3 Å². The number of urea groups is 1. The van der Waals surface area contributed by atoms with Crippen LogP contribution in [-0.4, -0.2) is 23.7 Å². The van der Waals surface area contributed by atoms with E-state index in [0.29, 0.717) is 27.2 Å². The monoisotopic (exact) mass is 382 g/mol. The molecule has 0 saturated carbocycles. The molecule has 3 N–H and O–H groups in total. The van der Waals surface area contributed by atoms with Crippen LogP contribution in [0.5, 0.6) is 5.75 Å². The Kier molecular flexibility index (Phi) is 5.52. The van der Waals surface area contributed by atoms with Crippen molar-refractivity contribution in [1.82, 2.24) is 0 Å². The number of nitrogens with one attached hydrogen (secondary N) is 2. The second kappa shape index (κ2) is 8.01. The van der Waals surface area contributed by atoms with Crippen LogP contribution in [0, 0.1) is 0 Å². The van der Waals surface area contributed by atoms with Gasteiger partial charge in [0.1, 0.15) is 5.75 Å². The van der Waals surface area contributed by atoms with Crippen molar-refractivity contribution in [3.8, 4) is 5.75 Å². The van der Waals surface area contributed by atoms with E-state index in [9.17, 15) is 14.7 Å². The Balaban J connectivity index is 1.73. The van der Waals surface area contributed by atoms with Crippen LogP contribution in [0.25, 0.3) is 10.8 Å². The van der Waals surface area contributed by atoms with Gasteiger partial charge in [-0.1, -0.05) is 12.1 Å². The molecule has 0 saturated heterocycles. The smallest absolute Gasteiger partial charge is 0.338 e. The quantitative estimate of drug-likeness (QED) is 0.391. The summed E-state index contributed by atoms with van der Waals surface area (Å²) in [6, 6.07) is 14.6. The molecular formula is C20H18N2O4S. The van der Waals surface area contributed by atoms with E-state index in [1.54, 1.807) is 43.3 Å². The van der Waals surface area contributed by atoms with E-state index in [0.717, 1.165) is 5.39 Å². The SMILES string of the molecule is CCOC(=O)c1cccc(NC(=O)Nc2ccc3cc(S)cc(O)c3c2)c1. The maximum Gasteiger partial charge on any atom is 0.338 e. The Morgan fingerprint density at radius 2 is 1.78 bits per heavy atom. The summed E-state index contributed by atoms with van der Waals surface area (Å²) in [5.74, 6) is -0.362. The Bertz CT molecular complexity index is 1020. The molecule has 0 spiro atoms. The standard InChI is InChI=1S/C20H18N2O4S/c1-2-26-19(24)13-4-3-5-14(8-13)21-20(25)22-15-7-6-12-9-16(27)11-18(23)17(12)10-15/h3-11,23,27H,2H2,1H3,(H2,21,22,25). The molecule has 27 heavy (non-hydrogen) atoms. The number of hydrogen-bond acceptors (Lipinski definition) is 5. The number of aromatic hydroxyl groups is 1. The molecule has 3 aromatic carbocycles.